The highest BCUT2D eigenvalue weighted by atomic mass is 32.2. The molecular weight excluding hydrogens is 370 g/mol. The highest BCUT2D eigenvalue weighted by Crippen LogP contribution is 2.24. The summed E-state index contributed by atoms with van der Waals surface area (Å²) in [5.41, 5.74) is 1.64. The van der Waals surface area contributed by atoms with Crippen LogP contribution >= 0.6 is 11.8 Å². The third-order valence-corrected chi connectivity index (χ3v) is 4.95. The number of nitrogens with one attached hydrogen (secondary N) is 2. The molecule has 3 rings (SSSR count). The molecule has 1 aliphatic heterocycles. The van der Waals surface area contributed by atoms with E-state index in [-0.39, 0.29) is 29.2 Å². The molecule has 0 aromatic heterocycles. The molecule has 0 radical (unpaired) electrons. The number of thioether (sulfide) groups is 1. The fourth-order valence-electron chi connectivity index (χ4n) is 2.68. The molecule has 0 spiro atoms. The quantitative estimate of drug-likeness (QED) is 0.583. The summed E-state index contributed by atoms with van der Waals surface area (Å²) in [7, 11) is 0. The average molecular weight is 385 g/mol. The Morgan fingerprint density at radius 3 is 2.48 bits per heavy atom. The van der Waals surface area contributed by atoms with Crippen LogP contribution in [0.15, 0.2) is 48.5 Å². The van der Waals surface area contributed by atoms with E-state index in [1.54, 1.807) is 42.5 Å². The van der Waals surface area contributed by atoms with Crippen LogP contribution in [0.5, 0.6) is 0 Å². The first-order chi connectivity index (χ1) is 12.9. The van der Waals surface area contributed by atoms with Crippen LogP contribution in [0.25, 0.3) is 0 Å². The summed E-state index contributed by atoms with van der Waals surface area (Å²) in [4.78, 5) is 45.4. The van der Waals surface area contributed by atoms with Crippen molar-refractivity contribution >= 4 is 40.2 Å². The van der Waals surface area contributed by atoms with Crippen molar-refractivity contribution in [1.82, 2.24) is 5.32 Å². The standard InChI is InChI=1S/C18H15N3O5S/c22-16(10-12-3-1-2-4-14(12)21(25)26)19-13-7-5-11(6-8-13)9-15-17(23)20-18(24)27-15/h1-8,15H,9-10H2,(H,19,22)(H,20,23,24). The molecule has 138 valence electrons. The van der Waals surface area contributed by atoms with Crippen molar-refractivity contribution in [2.45, 2.75) is 18.1 Å². The van der Waals surface area contributed by atoms with Gasteiger partial charge in [0, 0.05) is 17.3 Å². The zero-order chi connectivity index (χ0) is 19.4. The van der Waals surface area contributed by atoms with Gasteiger partial charge in [0.2, 0.25) is 11.8 Å². The van der Waals surface area contributed by atoms with Gasteiger partial charge in [-0.2, -0.15) is 0 Å². The monoisotopic (exact) mass is 385 g/mol. The van der Waals surface area contributed by atoms with E-state index >= 15 is 0 Å². The number of imide groups is 1. The number of carbonyl (C=O) groups excluding carboxylic acids is 3. The molecule has 0 saturated carbocycles. The molecule has 1 atom stereocenters. The molecule has 8 nitrogen and oxygen atoms in total. The Hall–Kier alpha value is -3.20. The first-order valence-corrected chi connectivity index (χ1v) is 8.93. The first-order valence-electron chi connectivity index (χ1n) is 8.05. The van der Waals surface area contributed by atoms with Crippen LogP contribution in [0.4, 0.5) is 16.2 Å². The molecule has 3 amide bonds. The maximum absolute atomic E-state index is 12.2. The second kappa shape index (κ2) is 8.00. The summed E-state index contributed by atoms with van der Waals surface area (Å²) in [6.45, 7) is 0. The van der Waals surface area contributed by atoms with Crippen molar-refractivity contribution in [3.63, 3.8) is 0 Å². The molecule has 2 aromatic carbocycles. The van der Waals surface area contributed by atoms with E-state index in [1.807, 2.05) is 0 Å². The van der Waals surface area contributed by atoms with Crippen molar-refractivity contribution < 1.29 is 19.3 Å². The Labute approximate surface area is 158 Å². The molecule has 1 fully saturated rings. The Kier molecular flexibility index (Phi) is 5.51. The van der Waals surface area contributed by atoms with Crippen LogP contribution < -0.4 is 10.6 Å². The number of para-hydroxylation sites is 1. The van der Waals surface area contributed by atoms with Crippen molar-refractivity contribution in [2.75, 3.05) is 5.32 Å². The van der Waals surface area contributed by atoms with Crippen molar-refractivity contribution in [2.24, 2.45) is 0 Å². The molecular formula is C18H15N3O5S. The zero-order valence-corrected chi connectivity index (χ0v) is 14.8. The lowest BCUT2D eigenvalue weighted by molar-refractivity contribution is -0.385. The van der Waals surface area contributed by atoms with Gasteiger partial charge in [-0.15, -0.1) is 0 Å². The van der Waals surface area contributed by atoms with Gasteiger partial charge in [-0.25, -0.2) is 0 Å². The molecule has 0 aliphatic carbocycles. The smallest absolute Gasteiger partial charge is 0.286 e. The van der Waals surface area contributed by atoms with E-state index in [9.17, 15) is 24.5 Å². The van der Waals surface area contributed by atoms with Crippen LogP contribution in [0, 0.1) is 10.1 Å². The van der Waals surface area contributed by atoms with Gasteiger partial charge in [-0.05, 0) is 24.1 Å². The lowest BCUT2D eigenvalue weighted by Gasteiger charge is -2.08. The molecule has 2 N–H and O–H groups in total. The number of nitrogens with zero attached hydrogens (tertiary/aromatic N) is 1. The van der Waals surface area contributed by atoms with E-state index in [0.717, 1.165) is 17.3 Å². The van der Waals surface area contributed by atoms with Gasteiger partial charge in [-0.3, -0.25) is 29.8 Å². The van der Waals surface area contributed by atoms with E-state index < -0.39 is 10.2 Å². The molecule has 1 aliphatic rings. The SMILES string of the molecule is O=C(Cc1ccccc1[N+](=O)[O-])Nc1ccc(CC2SC(=O)NC2=O)cc1. The fraction of sp³-hybridized carbons (Fsp3) is 0.167. The number of anilines is 1. The van der Waals surface area contributed by atoms with E-state index in [1.165, 1.54) is 6.07 Å². The van der Waals surface area contributed by atoms with Crippen LogP contribution in [-0.4, -0.2) is 27.2 Å². The number of benzene rings is 2. The predicted molar refractivity (Wildman–Crippen MR) is 100 cm³/mol. The van der Waals surface area contributed by atoms with Gasteiger partial charge in [-0.1, -0.05) is 42.1 Å². The third-order valence-electron chi connectivity index (χ3n) is 3.97. The molecule has 1 heterocycles. The van der Waals surface area contributed by atoms with Gasteiger partial charge in [0.05, 0.1) is 16.6 Å². The minimum atomic E-state index is -0.515. The number of hydrogen-bond donors (Lipinski definition) is 2. The van der Waals surface area contributed by atoms with Gasteiger partial charge in [0.1, 0.15) is 0 Å². The Balaban J connectivity index is 1.60. The molecule has 0 bridgehead atoms. The summed E-state index contributed by atoms with van der Waals surface area (Å²) in [6, 6.07) is 13.0. The van der Waals surface area contributed by atoms with Gasteiger partial charge in [0.15, 0.2) is 0 Å². The van der Waals surface area contributed by atoms with Crippen molar-refractivity contribution in [3.05, 3.63) is 69.8 Å². The summed E-state index contributed by atoms with van der Waals surface area (Å²) in [6.07, 6.45) is 0.298. The van der Waals surface area contributed by atoms with E-state index in [0.29, 0.717) is 17.7 Å². The number of nitro groups is 1. The minimum absolute atomic E-state index is 0.0927. The fourth-order valence-corrected chi connectivity index (χ4v) is 3.54. The second-order valence-electron chi connectivity index (χ2n) is 5.90. The highest BCUT2D eigenvalue weighted by molar-refractivity contribution is 8.15. The second-order valence-corrected chi connectivity index (χ2v) is 7.07. The zero-order valence-electron chi connectivity index (χ0n) is 14.0. The Morgan fingerprint density at radius 2 is 1.85 bits per heavy atom. The summed E-state index contributed by atoms with van der Waals surface area (Å²) < 4.78 is 0. The van der Waals surface area contributed by atoms with Gasteiger partial charge < -0.3 is 5.32 Å². The number of carbonyl (C=O) groups is 3. The van der Waals surface area contributed by atoms with E-state index in [4.69, 9.17) is 0 Å². The van der Waals surface area contributed by atoms with Crippen LogP contribution in [0.2, 0.25) is 0 Å². The minimum Gasteiger partial charge on any atom is -0.326 e. The molecule has 9 heteroatoms. The van der Waals surface area contributed by atoms with E-state index in [2.05, 4.69) is 10.6 Å². The maximum Gasteiger partial charge on any atom is 0.286 e. The molecule has 1 saturated heterocycles. The normalized spacial score (nSPS) is 16.1. The first kappa shape index (κ1) is 18.6. The predicted octanol–water partition coefficient (Wildman–Crippen LogP) is 2.67. The summed E-state index contributed by atoms with van der Waals surface area (Å²) in [5, 5.41) is 15.1. The van der Waals surface area contributed by atoms with Gasteiger partial charge >= 0.3 is 0 Å². The number of hydrogen-bond acceptors (Lipinski definition) is 6. The Morgan fingerprint density at radius 1 is 1.15 bits per heavy atom. The van der Waals surface area contributed by atoms with Crippen LogP contribution in [0.3, 0.4) is 0 Å². The number of nitro benzene ring substituents is 1. The average Bonchev–Trinajstić information content (AvgIpc) is 2.94. The third kappa shape index (κ3) is 4.70. The number of amides is 3. The van der Waals surface area contributed by atoms with Crippen LogP contribution in [-0.2, 0) is 22.4 Å². The largest absolute Gasteiger partial charge is 0.326 e. The lowest BCUT2D eigenvalue weighted by atomic mass is 10.1. The topological polar surface area (TPSA) is 118 Å². The Bertz CT molecular complexity index is 913. The lowest BCUT2D eigenvalue weighted by Crippen LogP contribution is -2.25. The highest BCUT2D eigenvalue weighted by Gasteiger charge is 2.31. The van der Waals surface area contributed by atoms with Crippen LogP contribution in [0.1, 0.15) is 11.1 Å². The maximum atomic E-state index is 12.2. The molecule has 2 aromatic rings. The van der Waals surface area contributed by atoms with Crippen molar-refractivity contribution in [1.29, 1.82) is 0 Å². The molecule has 27 heavy (non-hydrogen) atoms. The van der Waals surface area contributed by atoms with Gasteiger partial charge in [0.25, 0.3) is 10.9 Å². The van der Waals surface area contributed by atoms with Crippen molar-refractivity contribution in [3.8, 4) is 0 Å². The summed E-state index contributed by atoms with van der Waals surface area (Å²) >= 11 is 0.964. The summed E-state index contributed by atoms with van der Waals surface area (Å²) in [5.74, 6) is -0.666. The number of rotatable bonds is 6. The molecule has 1 unspecified atom stereocenters.